The van der Waals surface area contributed by atoms with Crippen molar-refractivity contribution in [3.63, 3.8) is 0 Å². The summed E-state index contributed by atoms with van der Waals surface area (Å²) in [7, 11) is 0. The summed E-state index contributed by atoms with van der Waals surface area (Å²) < 4.78 is 6.11. The van der Waals surface area contributed by atoms with E-state index in [0.29, 0.717) is 35.1 Å². The maximum Gasteiger partial charge on any atom is 0.274 e. The first-order valence-electron chi connectivity index (χ1n) is 19.4. The lowest BCUT2D eigenvalue weighted by Crippen LogP contribution is -2.31. The van der Waals surface area contributed by atoms with Gasteiger partial charge in [0.15, 0.2) is 5.78 Å². The highest BCUT2D eigenvalue weighted by molar-refractivity contribution is 6.18. The molecule has 0 saturated carbocycles. The summed E-state index contributed by atoms with van der Waals surface area (Å²) in [5, 5.41) is 13.3. The van der Waals surface area contributed by atoms with Crippen LogP contribution in [0.5, 0.6) is 5.75 Å². The molecule has 0 amide bonds. The Morgan fingerprint density at radius 1 is 0.776 bits per heavy atom. The van der Waals surface area contributed by atoms with Crippen LogP contribution in [0.3, 0.4) is 0 Å². The van der Waals surface area contributed by atoms with E-state index < -0.39 is 0 Å². The third kappa shape index (κ3) is 11.4. The Labute approximate surface area is 296 Å². The summed E-state index contributed by atoms with van der Waals surface area (Å²) in [4.78, 5) is 35.4. The number of benzene rings is 2. The molecule has 8 heteroatoms. The van der Waals surface area contributed by atoms with Crippen LogP contribution in [-0.4, -0.2) is 64.8 Å². The number of rotatable bonds is 26. The van der Waals surface area contributed by atoms with Crippen LogP contribution < -0.4 is 4.74 Å². The smallest absolute Gasteiger partial charge is 0.274 e. The molecule has 0 fully saturated rings. The van der Waals surface area contributed by atoms with Gasteiger partial charge in [-0.1, -0.05) is 73.6 Å². The van der Waals surface area contributed by atoms with Crippen molar-refractivity contribution in [3.8, 4) is 5.75 Å². The number of nitro groups is 1. The van der Waals surface area contributed by atoms with Gasteiger partial charge in [-0.15, -0.1) is 0 Å². The molecule has 1 atom stereocenters. The van der Waals surface area contributed by atoms with Crippen molar-refractivity contribution in [1.29, 1.82) is 0 Å². The number of ether oxygens (including phenoxy) is 1. The minimum absolute atomic E-state index is 0.0964. The number of fused-ring (bicyclic) bond motifs is 1. The molecule has 49 heavy (non-hydrogen) atoms. The van der Waals surface area contributed by atoms with E-state index >= 15 is 0 Å². The number of carbonyl (C=O) groups excluding carboxylic acids is 1. The van der Waals surface area contributed by atoms with Gasteiger partial charge in [0.25, 0.3) is 5.69 Å². The van der Waals surface area contributed by atoms with Gasteiger partial charge in [-0.3, -0.25) is 19.8 Å². The van der Waals surface area contributed by atoms with Gasteiger partial charge in [0, 0.05) is 40.8 Å². The minimum atomic E-state index is -0.263. The molecule has 1 unspecified atom stereocenters. The van der Waals surface area contributed by atoms with Crippen LogP contribution in [0.4, 0.5) is 5.69 Å². The van der Waals surface area contributed by atoms with E-state index in [1.54, 1.807) is 12.1 Å². The highest BCUT2D eigenvalue weighted by Gasteiger charge is 2.32. The van der Waals surface area contributed by atoms with Gasteiger partial charge in [0.1, 0.15) is 5.75 Å². The normalized spacial score (nSPS) is 12.3. The van der Waals surface area contributed by atoms with E-state index in [2.05, 4.69) is 56.3 Å². The number of H-pyrrole nitrogens is 1. The number of unbranched alkanes of at least 4 members (excludes halogenated alkanes) is 5. The Morgan fingerprint density at radius 2 is 1.35 bits per heavy atom. The molecule has 3 rings (SSSR count). The Morgan fingerprint density at radius 3 is 1.90 bits per heavy atom. The zero-order chi connectivity index (χ0) is 35.6. The predicted octanol–water partition coefficient (Wildman–Crippen LogP) is 10.7. The van der Waals surface area contributed by atoms with Crippen LogP contribution in [0.1, 0.15) is 152 Å². The molecule has 1 heterocycles. The number of aromatic amines is 1. The SMILES string of the molecule is CCCCc1[nH]c2ccc([N+](=O)[O-])c(C(CC)N(CCCC)CCCC)c2c1C(=O)c1ccc(OCCCN(CCCC)CCCC)cc1. The first kappa shape index (κ1) is 40.2. The molecule has 2 aromatic carbocycles. The van der Waals surface area contributed by atoms with Crippen molar-refractivity contribution in [3.05, 3.63) is 68.9 Å². The van der Waals surface area contributed by atoms with E-state index in [1.807, 2.05) is 24.3 Å². The van der Waals surface area contributed by atoms with Gasteiger partial charge in [0.2, 0.25) is 0 Å². The number of nitrogens with one attached hydrogen (secondary N) is 1. The monoisotopic (exact) mass is 676 g/mol. The van der Waals surface area contributed by atoms with Crippen molar-refractivity contribution in [1.82, 2.24) is 14.8 Å². The topological polar surface area (TPSA) is 91.7 Å². The number of hydrogen-bond acceptors (Lipinski definition) is 6. The van der Waals surface area contributed by atoms with Crippen molar-refractivity contribution in [2.24, 2.45) is 0 Å². The zero-order valence-corrected chi connectivity index (χ0v) is 31.5. The highest BCUT2D eigenvalue weighted by Crippen LogP contribution is 2.41. The van der Waals surface area contributed by atoms with Crippen molar-refractivity contribution < 1.29 is 14.5 Å². The van der Waals surface area contributed by atoms with E-state index in [9.17, 15) is 14.9 Å². The first-order chi connectivity index (χ1) is 23.8. The number of nitrogens with zero attached hydrogens (tertiary/aromatic N) is 3. The number of aryl methyl sites for hydroxylation is 1. The maximum atomic E-state index is 14.5. The van der Waals surface area contributed by atoms with Crippen molar-refractivity contribution >= 4 is 22.4 Å². The Hall–Kier alpha value is -3.23. The van der Waals surface area contributed by atoms with E-state index in [-0.39, 0.29) is 22.4 Å². The summed E-state index contributed by atoms with van der Waals surface area (Å²) in [6.07, 6.45) is 13.3. The summed E-state index contributed by atoms with van der Waals surface area (Å²) >= 11 is 0. The average Bonchev–Trinajstić information content (AvgIpc) is 3.49. The molecule has 0 radical (unpaired) electrons. The third-order valence-electron chi connectivity index (χ3n) is 9.68. The molecule has 0 aliphatic rings. The minimum Gasteiger partial charge on any atom is -0.494 e. The molecule has 1 N–H and O–H groups in total. The standard InChI is InChI=1S/C41H64N4O4/c1-7-13-19-34-39(41(46)32-20-22-33(23-21-32)49-31-18-28-43(26-14-8-2)27-15-9-3)38-35(42-34)24-25-37(45(47)48)40(38)36(12-6)44(29-16-10-4)30-17-11-5/h20-25,36,42H,7-19,26-31H2,1-6H3. The van der Waals surface area contributed by atoms with Crippen molar-refractivity contribution in [2.45, 2.75) is 131 Å². The molecule has 0 aliphatic carbocycles. The average molecular weight is 677 g/mol. The van der Waals surface area contributed by atoms with Gasteiger partial charge < -0.3 is 14.6 Å². The Bertz CT molecular complexity index is 1400. The molecule has 0 bridgehead atoms. The number of aromatic nitrogens is 1. The molecule has 272 valence electrons. The molecule has 3 aromatic rings. The molecule has 0 aliphatic heterocycles. The molecule has 0 spiro atoms. The number of ketones is 1. The van der Waals surface area contributed by atoms with Crippen LogP contribution in [0, 0.1) is 10.1 Å². The summed E-state index contributed by atoms with van der Waals surface area (Å²) in [6, 6.07) is 10.7. The second-order valence-electron chi connectivity index (χ2n) is 13.5. The molecule has 1 aromatic heterocycles. The Kier molecular flexibility index (Phi) is 17.9. The van der Waals surface area contributed by atoms with E-state index in [0.717, 1.165) is 101 Å². The zero-order valence-electron chi connectivity index (χ0n) is 31.5. The van der Waals surface area contributed by atoms with Crippen LogP contribution >= 0.6 is 0 Å². The fourth-order valence-electron chi connectivity index (χ4n) is 6.86. The summed E-state index contributed by atoms with van der Waals surface area (Å²) in [5.41, 5.74) is 3.58. The quantitative estimate of drug-likeness (QED) is 0.0394. The molecular formula is C41H64N4O4. The summed E-state index contributed by atoms with van der Waals surface area (Å²) in [6.45, 7) is 18.8. The van der Waals surface area contributed by atoms with Crippen LogP contribution in [0.25, 0.3) is 10.9 Å². The first-order valence-corrected chi connectivity index (χ1v) is 19.4. The maximum absolute atomic E-state index is 14.5. The second-order valence-corrected chi connectivity index (χ2v) is 13.5. The number of hydrogen-bond donors (Lipinski definition) is 1. The van der Waals surface area contributed by atoms with E-state index in [1.165, 1.54) is 25.7 Å². The van der Waals surface area contributed by atoms with E-state index in [4.69, 9.17) is 4.74 Å². The van der Waals surface area contributed by atoms with Gasteiger partial charge in [-0.05, 0) is 108 Å². The van der Waals surface area contributed by atoms with Gasteiger partial charge in [0.05, 0.1) is 22.7 Å². The largest absolute Gasteiger partial charge is 0.494 e. The summed E-state index contributed by atoms with van der Waals surface area (Å²) in [5.74, 6) is 0.650. The van der Waals surface area contributed by atoms with Gasteiger partial charge in [-0.25, -0.2) is 0 Å². The lowest BCUT2D eigenvalue weighted by Gasteiger charge is -2.32. The lowest BCUT2D eigenvalue weighted by molar-refractivity contribution is -0.385. The molecular weight excluding hydrogens is 612 g/mol. The van der Waals surface area contributed by atoms with Crippen LogP contribution in [0.2, 0.25) is 0 Å². The molecule has 0 saturated heterocycles. The highest BCUT2D eigenvalue weighted by atomic mass is 16.6. The number of carbonyl (C=O) groups is 1. The predicted molar refractivity (Wildman–Crippen MR) is 204 cm³/mol. The fourth-order valence-corrected chi connectivity index (χ4v) is 6.86. The van der Waals surface area contributed by atoms with Gasteiger partial charge >= 0.3 is 0 Å². The van der Waals surface area contributed by atoms with Crippen molar-refractivity contribution in [2.75, 3.05) is 39.3 Å². The Balaban J connectivity index is 1.98. The molecule has 8 nitrogen and oxygen atoms in total. The lowest BCUT2D eigenvalue weighted by atomic mass is 9.90. The van der Waals surface area contributed by atoms with Crippen LogP contribution in [0.15, 0.2) is 36.4 Å². The number of nitro benzene ring substituents is 1. The fraction of sp³-hybridized carbons (Fsp3) is 0.634. The van der Waals surface area contributed by atoms with Crippen LogP contribution in [-0.2, 0) is 6.42 Å². The van der Waals surface area contributed by atoms with Gasteiger partial charge in [-0.2, -0.15) is 0 Å². The third-order valence-corrected chi connectivity index (χ3v) is 9.68. The second kappa shape index (κ2) is 21.8.